The molecule has 0 aliphatic rings. The smallest absolute Gasteiger partial charge is 0.402 e. The van der Waals surface area contributed by atoms with Gasteiger partial charge in [-0.15, -0.1) is 0 Å². The first-order chi connectivity index (χ1) is 8.91. The number of hydrogen-bond donors (Lipinski definition) is 4. The summed E-state index contributed by atoms with van der Waals surface area (Å²) in [6, 6.07) is 5.56. The minimum Gasteiger partial charge on any atom is -0.507 e. The maximum absolute atomic E-state index is 9.77. The number of H-pyrrole nitrogens is 1. The molecule has 1 amide bonds. The highest BCUT2D eigenvalue weighted by atomic mass is 16.4. The number of phenolic OH excluding ortho intramolecular Hbond substituents is 1. The number of carboxylic acid groups (broad SMARTS) is 1. The van der Waals surface area contributed by atoms with Gasteiger partial charge in [0.1, 0.15) is 5.75 Å². The highest BCUT2D eigenvalue weighted by Crippen LogP contribution is 2.27. The number of hydrogen-bond acceptors (Lipinski definition) is 3. The van der Waals surface area contributed by atoms with Crippen LogP contribution in [0.4, 0.5) is 4.79 Å². The lowest BCUT2D eigenvalue weighted by atomic mass is 10.1. The Morgan fingerprint density at radius 2 is 2.05 bits per heavy atom. The van der Waals surface area contributed by atoms with E-state index in [4.69, 9.17) is 9.90 Å². The highest BCUT2D eigenvalue weighted by molar-refractivity contribution is 5.88. The number of nitrogens with one attached hydrogen (secondary N) is 1. The van der Waals surface area contributed by atoms with Crippen LogP contribution in [0.15, 0.2) is 24.4 Å². The molecular formula is C13H19N3O3. The molecule has 6 heteroatoms. The Bertz CT molecular complexity index is 545. The summed E-state index contributed by atoms with van der Waals surface area (Å²) in [5.41, 5.74) is 6.21. The molecule has 1 heterocycles. The Morgan fingerprint density at radius 3 is 2.63 bits per heavy atom. The van der Waals surface area contributed by atoms with Crippen LogP contribution in [0.5, 0.6) is 5.75 Å². The van der Waals surface area contributed by atoms with Crippen LogP contribution in [0.1, 0.15) is 5.56 Å². The molecule has 2 aromatic rings. The molecule has 5 N–H and O–H groups in total. The van der Waals surface area contributed by atoms with Crippen LogP contribution in [0.25, 0.3) is 10.9 Å². The molecule has 0 unspecified atom stereocenters. The van der Waals surface area contributed by atoms with Crippen molar-refractivity contribution in [1.82, 2.24) is 9.88 Å². The summed E-state index contributed by atoms with van der Waals surface area (Å²) >= 11 is 0. The van der Waals surface area contributed by atoms with Crippen molar-refractivity contribution in [3.05, 3.63) is 30.0 Å². The maximum atomic E-state index is 9.77. The lowest BCUT2D eigenvalue weighted by Gasteiger charge is -2.08. The van der Waals surface area contributed by atoms with Gasteiger partial charge in [0.25, 0.3) is 0 Å². The molecular weight excluding hydrogens is 246 g/mol. The van der Waals surface area contributed by atoms with Crippen molar-refractivity contribution in [2.45, 2.75) is 6.42 Å². The van der Waals surface area contributed by atoms with E-state index >= 15 is 0 Å². The molecule has 0 bridgehead atoms. The Hall–Kier alpha value is -2.21. The van der Waals surface area contributed by atoms with Crippen LogP contribution in [-0.4, -0.2) is 46.8 Å². The van der Waals surface area contributed by atoms with E-state index in [2.05, 4.69) is 29.7 Å². The van der Waals surface area contributed by atoms with Crippen LogP contribution in [0.2, 0.25) is 0 Å². The molecule has 0 aliphatic heterocycles. The summed E-state index contributed by atoms with van der Waals surface area (Å²) in [7, 11) is 4.10. The zero-order chi connectivity index (χ0) is 14.4. The van der Waals surface area contributed by atoms with E-state index in [0.717, 1.165) is 23.9 Å². The van der Waals surface area contributed by atoms with E-state index in [9.17, 15) is 5.11 Å². The van der Waals surface area contributed by atoms with Crippen LogP contribution < -0.4 is 5.73 Å². The van der Waals surface area contributed by atoms with E-state index in [0.29, 0.717) is 5.75 Å². The number of fused-ring (bicyclic) bond motifs is 1. The van der Waals surface area contributed by atoms with Gasteiger partial charge in [0.05, 0.1) is 0 Å². The normalized spacial score (nSPS) is 10.3. The van der Waals surface area contributed by atoms with Gasteiger partial charge in [-0.25, -0.2) is 4.79 Å². The number of rotatable bonds is 3. The first-order valence-electron chi connectivity index (χ1n) is 5.83. The molecule has 0 aliphatic carbocycles. The summed E-state index contributed by atoms with van der Waals surface area (Å²) in [5, 5.41) is 17.9. The number of benzene rings is 1. The Kier molecular flexibility index (Phi) is 5.20. The number of carbonyl (C=O) groups is 1. The second-order valence-electron chi connectivity index (χ2n) is 4.41. The van der Waals surface area contributed by atoms with Gasteiger partial charge in [0, 0.05) is 23.6 Å². The van der Waals surface area contributed by atoms with Crippen LogP contribution in [0.3, 0.4) is 0 Å². The number of likely N-dealkylation sites (N-methyl/N-ethyl adjacent to an activating group) is 1. The molecule has 19 heavy (non-hydrogen) atoms. The van der Waals surface area contributed by atoms with Gasteiger partial charge in [-0.3, -0.25) is 0 Å². The van der Waals surface area contributed by atoms with Gasteiger partial charge in [-0.2, -0.15) is 0 Å². The molecule has 1 aromatic carbocycles. The monoisotopic (exact) mass is 265 g/mol. The summed E-state index contributed by atoms with van der Waals surface area (Å²) in [5.74, 6) is 0.363. The maximum Gasteiger partial charge on any atom is 0.402 e. The quantitative estimate of drug-likeness (QED) is 0.676. The molecule has 104 valence electrons. The molecule has 0 saturated heterocycles. The van der Waals surface area contributed by atoms with Crippen molar-refractivity contribution in [2.24, 2.45) is 5.73 Å². The van der Waals surface area contributed by atoms with Crippen molar-refractivity contribution in [3.63, 3.8) is 0 Å². The topological polar surface area (TPSA) is 103 Å². The number of nitrogens with zero attached hydrogens (tertiary/aromatic N) is 1. The van der Waals surface area contributed by atoms with Gasteiger partial charge in [-0.1, -0.05) is 6.07 Å². The van der Waals surface area contributed by atoms with Crippen LogP contribution in [0, 0.1) is 0 Å². The van der Waals surface area contributed by atoms with Gasteiger partial charge >= 0.3 is 6.09 Å². The molecule has 6 nitrogen and oxygen atoms in total. The number of nitrogens with two attached hydrogens (primary N) is 1. The minimum atomic E-state index is -1.33. The zero-order valence-corrected chi connectivity index (χ0v) is 11.1. The van der Waals surface area contributed by atoms with Crippen molar-refractivity contribution in [1.29, 1.82) is 0 Å². The molecule has 0 atom stereocenters. The standard InChI is InChI=1S/C12H16N2O.CH3NO2/c1-14(2)7-6-9-8-13-10-4-3-5-11(15)12(9)10;2-1(3)4/h3-5,8,13,15H,6-7H2,1-2H3;2H2,(H,3,4). The summed E-state index contributed by atoms with van der Waals surface area (Å²) in [4.78, 5) is 14.1. The van der Waals surface area contributed by atoms with E-state index in [1.165, 1.54) is 5.56 Å². The third-order valence-electron chi connectivity index (χ3n) is 2.59. The Balaban J connectivity index is 0.000000399. The number of primary amides is 1. The predicted octanol–water partition coefficient (Wildman–Crippen LogP) is 1.60. The molecule has 2 rings (SSSR count). The first kappa shape index (κ1) is 14.8. The van der Waals surface area contributed by atoms with E-state index in [-0.39, 0.29) is 0 Å². The molecule has 0 spiro atoms. The minimum absolute atomic E-state index is 0.363. The average Bonchev–Trinajstić information content (AvgIpc) is 2.70. The summed E-state index contributed by atoms with van der Waals surface area (Å²) in [6.45, 7) is 0.987. The second-order valence-corrected chi connectivity index (χ2v) is 4.41. The lowest BCUT2D eigenvalue weighted by molar-refractivity contribution is 0.205. The lowest BCUT2D eigenvalue weighted by Crippen LogP contribution is -2.14. The molecule has 0 radical (unpaired) electrons. The highest BCUT2D eigenvalue weighted by Gasteiger charge is 2.07. The van der Waals surface area contributed by atoms with Crippen LogP contribution in [-0.2, 0) is 6.42 Å². The second kappa shape index (κ2) is 6.65. The number of phenols is 1. The number of aromatic nitrogens is 1. The third kappa shape index (κ3) is 4.51. The van der Waals surface area contributed by atoms with E-state index in [1.54, 1.807) is 6.07 Å². The fourth-order valence-corrected chi connectivity index (χ4v) is 1.78. The number of aromatic hydroxyl groups is 1. The van der Waals surface area contributed by atoms with Gasteiger partial charge in [-0.05, 0) is 38.2 Å². The third-order valence-corrected chi connectivity index (χ3v) is 2.59. The van der Waals surface area contributed by atoms with Crippen LogP contribution >= 0.6 is 0 Å². The van der Waals surface area contributed by atoms with Gasteiger partial charge in [0.2, 0.25) is 0 Å². The van der Waals surface area contributed by atoms with Crippen molar-refractivity contribution >= 4 is 17.0 Å². The van der Waals surface area contributed by atoms with Crippen molar-refractivity contribution in [3.8, 4) is 5.75 Å². The van der Waals surface area contributed by atoms with Gasteiger partial charge in [0.15, 0.2) is 0 Å². The van der Waals surface area contributed by atoms with Crippen molar-refractivity contribution in [2.75, 3.05) is 20.6 Å². The average molecular weight is 265 g/mol. The summed E-state index contributed by atoms with van der Waals surface area (Å²) in [6.07, 6.45) is 1.60. The fraction of sp³-hybridized carbons (Fsp3) is 0.308. The zero-order valence-electron chi connectivity index (χ0n) is 11.1. The summed E-state index contributed by atoms with van der Waals surface area (Å²) < 4.78 is 0. The molecule has 0 saturated carbocycles. The number of amides is 1. The molecule has 1 aromatic heterocycles. The van der Waals surface area contributed by atoms with E-state index < -0.39 is 6.09 Å². The SMILES string of the molecule is CN(C)CCc1c[nH]c2cccc(O)c12.NC(=O)O. The van der Waals surface area contributed by atoms with E-state index in [1.807, 2.05) is 18.3 Å². The Labute approximate surface area is 111 Å². The Morgan fingerprint density at radius 1 is 1.42 bits per heavy atom. The molecule has 0 fully saturated rings. The predicted molar refractivity (Wildman–Crippen MR) is 74.4 cm³/mol. The van der Waals surface area contributed by atoms with Crippen molar-refractivity contribution < 1.29 is 15.0 Å². The largest absolute Gasteiger partial charge is 0.507 e. The first-order valence-corrected chi connectivity index (χ1v) is 5.83. The fourth-order valence-electron chi connectivity index (χ4n) is 1.78. The van der Waals surface area contributed by atoms with Gasteiger partial charge < -0.3 is 25.8 Å². The number of aromatic amines is 1.